The van der Waals surface area contributed by atoms with Gasteiger partial charge in [0.05, 0.1) is 29.3 Å². The molecule has 6 rings (SSSR count). The summed E-state index contributed by atoms with van der Waals surface area (Å²) in [6.45, 7) is 6.74. The number of aromatic nitrogens is 2. The lowest BCUT2D eigenvalue weighted by Gasteiger charge is -2.50. The third-order valence-corrected chi connectivity index (χ3v) is 8.96. The Hall–Kier alpha value is -2.45. The van der Waals surface area contributed by atoms with E-state index < -0.39 is 0 Å². The number of carbonyl (C=O) groups excluding carboxylic acids is 2. The summed E-state index contributed by atoms with van der Waals surface area (Å²) in [5.74, 6) is -0.152. The molecule has 2 N–H and O–H groups in total. The maximum Gasteiger partial charge on any atom is 0.235 e. The van der Waals surface area contributed by atoms with E-state index in [9.17, 15) is 9.59 Å². The van der Waals surface area contributed by atoms with E-state index >= 15 is 0 Å². The fourth-order valence-electron chi connectivity index (χ4n) is 6.83. The average Bonchev–Trinajstić information content (AvgIpc) is 3.15. The number of carbonyl (C=O) groups is 2. The molecule has 3 aliphatic heterocycles. The van der Waals surface area contributed by atoms with Gasteiger partial charge in [-0.2, -0.15) is 5.10 Å². The number of benzene rings is 1. The van der Waals surface area contributed by atoms with Gasteiger partial charge >= 0.3 is 0 Å². The molecule has 3 atom stereocenters. The van der Waals surface area contributed by atoms with E-state index in [0.29, 0.717) is 36.4 Å². The molecule has 1 aliphatic carbocycles. The Balaban J connectivity index is 1.09. The van der Waals surface area contributed by atoms with Gasteiger partial charge in [-0.05, 0) is 68.1 Å². The van der Waals surface area contributed by atoms with Crippen LogP contribution in [0.25, 0.3) is 10.9 Å². The van der Waals surface area contributed by atoms with Crippen LogP contribution in [-0.2, 0) is 21.4 Å². The molecule has 3 saturated heterocycles. The number of hydrogen-bond donors (Lipinski definition) is 2. The number of imide groups is 1. The van der Waals surface area contributed by atoms with Crippen LogP contribution >= 0.6 is 0 Å². The summed E-state index contributed by atoms with van der Waals surface area (Å²) in [4.78, 5) is 26.4. The van der Waals surface area contributed by atoms with E-state index in [0.717, 1.165) is 42.5 Å². The summed E-state index contributed by atoms with van der Waals surface area (Å²) in [5.41, 5.74) is 3.55. The number of piperidine rings is 2. The first-order valence-corrected chi connectivity index (χ1v) is 13.3. The van der Waals surface area contributed by atoms with Gasteiger partial charge in [0.15, 0.2) is 0 Å². The zero-order valence-corrected chi connectivity index (χ0v) is 20.9. The molecule has 1 unspecified atom stereocenters. The van der Waals surface area contributed by atoms with Crippen LogP contribution < -0.4 is 15.5 Å². The maximum absolute atomic E-state index is 12.4. The molecule has 4 heterocycles. The molecule has 8 heteroatoms. The molecule has 0 bridgehead atoms. The molecule has 1 spiro atoms. The Morgan fingerprint density at radius 2 is 1.91 bits per heavy atom. The number of anilines is 1. The van der Waals surface area contributed by atoms with Gasteiger partial charge in [-0.1, -0.05) is 6.92 Å². The van der Waals surface area contributed by atoms with E-state index in [-0.39, 0.29) is 17.7 Å². The van der Waals surface area contributed by atoms with Crippen LogP contribution in [0.4, 0.5) is 5.69 Å². The van der Waals surface area contributed by atoms with Gasteiger partial charge < -0.3 is 15.0 Å². The Morgan fingerprint density at radius 3 is 2.60 bits per heavy atom. The van der Waals surface area contributed by atoms with E-state index in [1.165, 1.54) is 38.0 Å². The minimum absolute atomic E-state index is 0.196. The predicted molar refractivity (Wildman–Crippen MR) is 134 cm³/mol. The summed E-state index contributed by atoms with van der Waals surface area (Å²) in [6.07, 6.45) is 7.57. The summed E-state index contributed by atoms with van der Waals surface area (Å²) in [5, 5.41) is 11.6. The van der Waals surface area contributed by atoms with Crippen molar-refractivity contribution in [2.45, 2.75) is 70.0 Å². The fraction of sp³-hybridized carbons (Fsp3) is 0.667. The summed E-state index contributed by atoms with van der Waals surface area (Å²) in [7, 11) is 1.93. The van der Waals surface area contributed by atoms with Crippen LogP contribution in [0, 0.1) is 11.3 Å². The minimum Gasteiger partial charge on any atom is -0.375 e. The molecule has 35 heavy (non-hydrogen) atoms. The third kappa shape index (κ3) is 4.25. The number of nitrogens with one attached hydrogen (secondary N) is 2. The van der Waals surface area contributed by atoms with E-state index in [1.807, 2.05) is 11.7 Å². The molecule has 0 radical (unpaired) electrons. The maximum atomic E-state index is 12.4. The first kappa shape index (κ1) is 23.0. The number of amides is 2. The van der Waals surface area contributed by atoms with E-state index in [2.05, 4.69) is 45.8 Å². The van der Waals surface area contributed by atoms with Crippen LogP contribution in [0.5, 0.6) is 0 Å². The van der Waals surface area contributed by atoms with Crippen molar-refractivity contribution in [1.29, 1.82) is 0 Å². The Labute approximate surface area is 206 Å². The second kappa shape index (κ2) is 8.89. The van der Waals surface area contributed by atoms with E-state index in [1.54, 1.807) is 0 Å². The lowest BCUT2D eigenvalue weighted by molar-refractivity contribution is -0.134. The van der Waals surface area contributed by atoms with Crippen LogP contribution in [0.15, 0.2) is 18.2 Å². The number of fused-ring (bicyclic) bond motifs is 1. The highest BCUT2D eigenvalue weighted by atomic mass is 16.5. The molecule has 1 aromatic carbocycles. The standard InChI is InChI=1S/C27H37N5O3/c1-17-14-27(15-28-16-27)10-7-23(17)35-19-8-11-32(12-9-19)18-3-4-20-22(13-18)31(2)30-25(20)21-5-6-24(33)29-26(21)34/h3-4,13,17,19,21,23,28H,5-12,14-16H2,1-2H3,(H,29,33,34)/t17-,21?,23-/m0/s1. The SMILES string of the molecule is C[C@H]1CC2(CC[C@@H]1OC1CCN(c3ccc4c(C5CCC(=O)NC5=O)nn(C)c4c3)CC1)CNC2. The summed E-state index contributed by atoms with van der Waals surface area (Å²) < 4.78 is 8.51. The topological polar surface area (TPSA) is 88.5 Å². The van der Waals surface area contributed by atoms with Gasteiger partial charge in [0.25, 0.3) is 0 Å². The fourth-order valence-corrected chi connectivity index (χ4v) is 6.83. The number of aryl methyl sites for hydroxylation is 1. The highest BCUT2D eigenvalue weighted by molar-refractivity contribution is 6.02. The van der Waals surface area contributed by atoms with Crippen LogP contribution in [0.3, 0.4) is 0 Å². The molecule has 2 aromatic rings. The van der Waals surface area contributed by atoms with Crippen molar-refractivity contribution in [3.05, 3.63) is 23.9 Å². The lowest BCUT2D eigenvalue weighted by atomic mass is 9.65. The zero-order chi connectivity index (χ0) is 24.2. The van der Waals surface area contributed by atoms with Gasteiger partial charge in [-0.3, -0.25) is 19.6 Å². The molecule has 8 nitrogen and oxygen atoms in total. The highest BCUT2D eigenvalue weighted by Crippen LogP contribution is 2.43. The molecular formula is C27H37N5O3. The van der Waals surface area contributed by atoms with Crippen molar-refractivity contribution < 1.29 is 14.3 Å². The predicted octanol–water partition coefficient (Wildman–Crippen LogP) is 2.86. The second-order valence-corrected chi connectivity index (χ2v) is 11.4. The van der Waals surface area contributed by atoms with Crippen LogP contribution in [0.2, 0.25) is 0 Å². The Kier molecular flexibility index (Phi) is 5.84. The van der Waals surface area contributed by atoms with Crippen molar-refractivity contribution in [2.24, 2.45) is 18.4 Å². The lowest BCUT2D eigenvalue weighted by Crippen LogP contribution is -2.57. The first-order chi connectivity index (χ1) is 16.9. The number of nitrogens with zero attached hydrogens (tertiary/aromatic N) is 3. The quantitative estimate of drug-likeness (QED) is 0.656. The Bertz CT molecular complexity index is 1130. The van der Waals surface area contributed by atoms with Crippen molar-refractivity contribution in [2.75, 3.05) is 31.1 Å². The van der Waals surface area contributed by atoms with Gasteiger partial charge in [0.1, 0.15) is 0 Å². The van der Waals surface area contributed by atoms with Crippen molar-refractivity contribution in [3.8, 4) is 0 Å². The van der Waals surface area contributed by atoms with Crippen molar-refractivity contribution >= 4 is 28.4 Å². The second-order valence-electron chi connectivity index (χ2n) is 11.4. The van der Waals surface area contributed by atoms with Gasteiger partial charge in [-0.15, -0.1) is 0 Å². The Morgan fingerprint density at radius 1 is 1.11 bits per heavy atom. The van der Waals surface area contributed by atoms with Crippen molar-refractivity contribution in [1.82, 2.24) is 20.4 Å². The smallest absolute Gasteiger partial charge is 0.235 e. The van der Waals surface area contributed by atoms with Crippen LogP contribution in [-0.4, -0.2) is 60.0 Å². The normalized spacial score (nSPS) is 29.4. The average molecular weight is 480 g/mol. The minimum atomic E-state index is -0.368. The van der Waals surface area contributed by atoms with E-state index in [4.69, 9.17) is 4.74 Å². The van der Waals surface area contributed by atoms with Crippen LogP contribution in [0.1, 0.15) is 63.5 Å². The number of ether oxygens (including phenoxy) is 1. The van der Waals surface area contributed by atoms with Gasteiger partial charge in [-0.25, -0.2) is 0 Å². The van der Waals surface area contributed by atoms with Crippen molar-refractivity contribution in [3.63, 3.8) is 0 Å². The zero-order valence-electron chi connectivity index (χ0n) is 20.9. The third-order valence-electron chi connectivity index (χ3n) is 8.96. The highest BCUT2D eigenvalue weighted by Gasteiger charge is 2.44. The molecule has 4 fully saturated rings. The summed E-state index contributed by atoms with van der Waals surface area (Å²) in [6, 6.07) is 6.43. The summed E-state index contributed by atoms with van der Waals surface area (Å²) >= 11 is 0. The first-order valence-electron chi connectivity index (χ1n) is 13.3. The molecular weight excluding hydrogens is 442 g/mol. The molecule has 4 aliphatic rings. The van der Waals surface area contributed by atoms with Gasteiger partial charge in [0, 0.05) is 50.7 Å². The monoisotopic (exact) mass is 479 g/mol. The largest absolute Gasteiger partial charge is 0.375 e. The van der Waals surface area contributed by atoms with Gasteiger partial charge in [0.2, 0.25) is 11.8 Å². The molecule has 1 aromatic heterocycles. The molecule has 188 valence electrons. The molecule has 2 amide bonds. The number of hydrogen-bond acceptors (Lipinski definition) is 6. The molecule has 1 saturated carbocycles. The number of rotatable bonds is 4.